The van der Waals surface area contributed by atoms with Crippen molar-refractivity contribution in [3.05, 3.63) is 35.5 Å². The van der Waals surface area contributed by atoms with Gasteiger partial charge in [-0.15, -0.1) is 12.4 Å². The maximum Gasteiger partial charge on any atom is 0.231 e. The summed E-state index contributed by atoms with van der Waals surface area (Å²) in [5.74, 6) is 1.27. The second kappa shape index (κ2) is 5.67. The summed E-state index contributed by atoms with van der Waals surface area (Å²) in [5.41, 5.74) is 1.37. The van der Waals surface area contributed by atoms with Crippen molar-refractivity contribution in [3.8, 4) is 11.4 Å². The van der Waals surface area contributed by atoms with Gasteiger partial charge in [0.2, 0.25) is 11.7 Å². The molecule has 1 atom stereocenters. The van der Waals surface area contributed by atoms with Gasteiger partial charge >= 0.3 is 0 Å². The number of hydrogen-bond donors (Lipinski definition) is 1. The molecule has 1 aliphatic rings. The van der Waals surface area contributed by atoms with E-state index < -0.39 is 0 Å². The zero-order valence-corrected chi connectivity index (χ0v) is 11.3. The van der Waals surface area contributed by atoms with E-state index >= 15 is 0 Å². The lowest BCUT2D eigenvalue weighted by atomic mass is 10.1. The Labute approximate surface area is 116 Å². The summed E-state index contributed by atoms with van der Waals surface area (Å²) in [4.78, 5) is 4.39. The molecule has 2 heterocycles. The maximum atomic E-state index is 13.2. The van der Waals surface area contributed by atoms with Crippen molar-refractivity contribution in [2.75, 3.05) is 13.1 Å². The Morgan fingerprint density at radius 1 is 1.42 bits per heavy atom. The van der Waals surface area contributed by atoms with E-state index in [1.807, 2.05) is 0 Å². The van der Waals surface area contributed by atoms with E-state index in [0.29, 0.717) is 23.2 Å². The predicted molar refractivity (Wildman–Crippen MR) is 71.9 cm³/mol. The van der Waals surface area contributed by atoms with Crippen LogP contribution in [0.25, 0.3) is 11.4 Å². The molecule has 1 aromatic heterocycles. The van der Waals surface area contributed by atoms with Crippen LogP contribution in [0, 0.1) is 12.7 Å². The van der Waals surface area contributed by atoms with Crippen LogP contribution < -0.4 is 5.32 Å². The molecule has 2 aromatic rings. The molecule has 1 fully saturated rings. The average molecular weight is 284 g/mol. The molecule has 4 nitrogen and oxygen atoms in total. The molecule has 0 aliphatic carbocycles. The molecule has 0 bridgehead atoms. The predicted octanol–water partition coefficient (Wildman–Crippen LogP) is 2.68. The molecule has 1 aliphatic heterocycles. The fraction of sp³-hybridized carbons (Fsp3) is 0.385. The van der Waals surface area contributed by atoms with Crippen LogP contribution in [0.15, 0.2) is 22.7 Å². The molecule has 0 spiro atoms. The third kappa shape index (κ3) is 2.77. The highest BCUT2D eigenvalue weighted by molar-refractivity contribution is 5.85. The number of benzene rings is 1. The van der Waals surface area contributed by atoms with Gasteiger partial charge in [0.1, 0.15) is 5.82 Å². The lowest BCUT2D eigenvalue weighted by Gasteiger charge is -1.99. The van der Waals surface area contributed by atoms with Crippen molar-refractivity contribution in [2.45, 2.75) is 19.3 Å². The molecule has 6 heteroatoms. The number of nitrogens with zero attached hydrogens (tertiary/aromatic N) is 2. The molecule has 19 heavy (non-hydrogen) atoms. The van der Waals surface area contributed by atoms with E-state index in [1.54, 1.807) is 19.1 Å². The highest BCUT2D eigenvalue weighted by Gasteiger charge is 2.23. The van der Waals surface area contributed by atoms with Gasteiger partial charge in [-0.3, -0.25) is 0 Å². The van der Waals surface area contributed by atoms with Crippen LogP contribution in [-0.4, -0.2) is 23.2 Å². The molecular weight excluding hydrogens is 269 g/mol. The summed E-state index contributed by atoms with van der Waals surface area (Å²) in [6.07, 6.45) is 1.02. The standard InChI is InChI=1S/C13H14FN3O.ClH/c1-8-6-9(2-3-11(8)14)12-16-13(18-17-12)10-4-5-15-7-10;/h2-3,6,10,15H,4-5,7H2,1H3;1H. The summed E-state index contributed by atoms with van der Waals surface area (Å²) in [6.45, 7) is 3.59. The van der Waals surface area contributed by atoms with Crippen LogP contribution in [-0.2, 0) is 0 Å². The normalized spacial score (nSPS) is 18.3. The molecule has 1 saturated heterocycles. The molecule has 0 saturated carbocycles. The van der Waals surface area contributed by atoms with Gasteiger partial charge in [-0.2, -0.15) is 4.98 Å². The highest BCUT2D eigenvalue weighted by Crippen LogP contribution is 2.24. The molecular formula is C13H15ClFN3O. The van der Waals surface area contributed by atoms with Crippen LogP contribution in [0.1, 0.15) is 23.8 Å². The van der Waals surface area contributed by atoms with E-state index in [-0.39, 0.29) is 18.2 Å². The van der Waals surface area contributed by atoms with Crippen LogP contribution in [0.4, 0.5) is 4.39 Å². The summed E-state index contributed by atoms with van der Waals surface area (Å²) in [7, 11) is 0. The minimum Gasteiger partial charge on any atom is -0.339 e. The first kappa shape index (κ1) is 14.0. The largest absolute Gasteiger partial charge is 0.339 e. The molecule has 0 amide bonds. The van der Waals surface area contributed by atoms with Crippen LogP contribution in [0.5, 0.6) is 0 Å². The van der Waals surface area contributed by atoms with E-state index in [9.17, 15) is 4.39 Å². The molecule has 1 unspecified atom stereocenters. The second-order valence-electron chi connectivity index (χ2n) is 4.61. The zero-order chi connectivity index (χ0) is 12.5. The van der Waals surface area contributed by atoms with Crippen LogP contribution in [0.3, 0.4) is 0 Å². The lowest BCUT2D eigenvalue weighted by molar-refractivity contribution is 0.359. The minimum atomic E-state index is -0.220. The number of aryl methyl sites for hydroxylation is 1. The third-order valence-electron chi connectivity index (χ3n) is 3.27. The third-order valence-corrected chi connectivity index (χ3v) is 3.27. The summed E-state index contributed by atoms with van der Waals surface area (Å²) in [5, 5.41) is 7.22. The van der Waals surface area contributed by atoms with Gasteiger partial charge in [-0.05, 0) is 43.7 Å². The van der Waals surface area contributed by atoms with E-state index in [4.69, 9.17) is 4.52 Å². The summed E-state index contributed by atoms with van der Waals surface area (Å²) < 4.78 is 18.5. The van der Waals surface area contributed by atoms with Gasteiger partial charge in [-0.25, -0.2) is 4.39 Å². The fourth-order valence-corrected chi connectivity index (χ4v) is 2.17. The fourth-order valence-electron chi connectivity index (χ4n) is 2.17. The lowest BCUT2D eigenvalue weighted by Crippen LogP contribution is -2.08. The summed E-state index contributed by atoms with van der Waals surface area (Å²) >= 11 is 0. The molecule has 102 valence electrons. The Bertz CT molecular complexity index is 567. The van der Waals surface area contributed by atoms with Gasteiger partial charge in [0, 0.05) is 12.1 Å². The Kier molecular flexibility index (Phi) is 4.17. The average Bonchev–Trinajstić information content (AvgIpc) is 3.01. The first-order valence-corrected chi connectivity index (χ1v) is 6.05. The number of aromatic nitrogens is 2. The molecule has 3 rings (SSSR count). The Balaban J connectivity index is 0.00000133. The van der Waals surface area contributed by atoms with Crippen LogP contribution >= 0.6 is 12.4 Å². The highest BCUT2D eigenvalue weighted by atomic mass is 35.5. The Morgan fingerprint density at radius 2 is 2.26 bits per heavy atom. The number of halogens is 2. The second-order valence-corrected chi connectivity index (χ2v) is 4.61. The van der Waals surface area contributed by atoms with Gasteiger partial charge in [0.15, 0.2) is 0 Å². The van der Waals surface area contributed by atoms with E-state index in [2.05, 4.69) is 15.5 Å². The van der Waals surface area contributed by atoms with Crippen molar-refractivity contribution in [1.82, 2.24) is 15.5 Å². The first-order valence-electron chi connectivity index (χ1n) is 6.05. The van der Waals surface area contributed by atoms with Gasteiger partial charge in [0.25, 0.3) is 0 Å². The Hall–Kier alpha value is -1.46. The van der Waals surface area contributed by atoms with Crippen molar-refractivity contribution in [2.24, 2.45) is 0 Å². The maximum absolute atomic E-state index is 13.2. The van der Waals surface area contributed by atoms with Crippen molar-refractivity contribution < 1.29 is 8.91 Å². The SMILES string of the molecule is Cc1cc(-c2noc(C3CCNC3)n2)ccc1F.Cl. The van der Waals surface area contributed by atoms with E-state index in [0.717, 1.165) is 25.1 Å². The zero-order valence-electron chi connectivity index (χ0n) is 10.5. The van der Waals surface area contributed by atoms with E-state index in [1.165, 1.54) is 6.07 Å². The quantitative estimate of drug-likeness (QED) is 0.921. The number of hydrogen-bond acceptors (Lipinski definition) is 4. The van der Waals surface area contributed by atoms with Crippen molar-refractivity contribution >= 4 is 12.4 Å². The Morgan fingerprint density at radius 3 is 2.95 bits per heavy atom. The van der Waals surface area contributed by atoms with Gasteiger partial charge in [-0.1, -0.05) is 5.16 Å². The monoisotopic (exact) mass is 283 g/mol. The topological polar surface area (TPSA) is 51.0 Å². The van der Waals surface area contributed by atoms with Gasteiger partial charge in [0.05, 0.1) is 5.92 Å². The summed E-state index contributed by atoms with van der Waals surface area (Å²) in [6, 6.07) is 4.83. The van der Waals surface area contributed by atoms with Crippen LogP contribution in [0.2, 0.25) is 0 Å². The van der Waals surface area contributed by atoms with Gasteiger partial charge < -0.3 is 9.84 Å². The molecule has 1 aromatic carbocycles. The molecule has 1 N–H and O–H groups in total. The number of rotatable bonds is 2. The van der Waals surface area contributed by atoms with Crippen molar-refractivity contribution in [1.29, 1.82) is 0 Å². The first-order chi connectivity index (χ1) is 8.74. The minimum absolute atomic E-state index is 0. The molecule has 0 radical (unpaired) electrons. The van der Waals surface area contributed by atoms with Crippen molar-refractivity contribution in [3.63, 3.8) is 0 Å². The smallest absolute Gasteiger partial charge is 0.231 e. The number of nitrogens with one attached hydrogen (secondary N) is 1.